The number of carbonyl (C=O) groups excluding carboxylic acids is 1. The Hall–Kier alpha value is -0.860. The maximum Gasteiger partial charge on any atom is 0.405 e. The van der Waals surface area contributed by atoms with Crippen molar-refractivity contribution in [3.05, 3.63) is 0 Å². The van der Waals surface area contributed by atoms with Gasteiger partial charge in [0.05, 0.1) is 19.8 Å². The SMILES string of the molecule is O=C(CN(CCO)CCO)NCC(F)(F)F. The molecule has 5 nitrogen and oxygen atoms in total. The van der Waals surface area contributed by atoms with Gasteiger partial charge in [0.2, 0.25) is 5.91 Å². The van der Waals surface area contributed by atoms with E-state index in [9.17, 15) is 18.0 Å². The Labute approximate surface area is 90.9 Å². The van der Waals surface area contributed by atoms with Crippen LogP contribution in [0.4, 0.5) is 13.2 Å². The first-order valence-electron chi connectivity index (χ1n) is 4.66. The van der Waals surface area contributed by atoms with Crippen LogP contribution in [0, 0.1) is 0 Å². The van der Waals surface area contributed by atoms with Crippen molar-refractivity contribution in [3.8, 4) is 0 Å². The zero-order chi connectivity index (χ0) is 12.6. The molecule has 16 heavy (non-hydrogen) atoms. The lowest BCUT2D eigenvalue weighted by atomic mass is 10.4. The minimum absolute atomic E-state index is 0.125. The highest BCUT2D eigenvalue weighted by Crippen LogP contribution is 2.11. The Morgan fingerprint density at radius 1 is 1.19 bits per heavy atom. The van der Waals surface area contributed by atoms with Crippen LogP contribution < -0.4 is 5.32 Å². The second kappa shape index (κ2) is 7.42. The summed E-state index contributed by atoms with van der Waals surface area (Å²) in [6.45, 7) is -1.87. The molecule has 0 rings (SSSR count). The number of rotatable bonds is 7. The maximum absolute atomic E-state index is 11.7. The minimum Gasteiger partial charge on any atom is -0.395 e. The monoisotopic (exact) mass is 244 g/mol. The van der Waals surface area contributed by atoms with E-state index < -0.39 is 18.6 Å². The molecule has 0 bridgehead atoms. The van der Waals surface area contributed by atoms with Gasteiger partial charge in [0.15, 0.2) is 0 Å². The third kappa shape index (κ3) is 8.45. The topological polar surface area (TPSA) is 72.8 Å². The first kappa shape index (κ1) is 15.1. The summed E-state index contributed by atoms with van der Waals surface area (Å²) < 4.78 is 35.2. The Morgan fingerprint density at radius 3 is 2.06 bits per heavy atom. The van der Waals surface area contributed by atoms with Crippen molar-refractivity contribution in [2.75, 3.05) is 39.4 Å². The number of amides is 1. The van der Waals surface area contributed by atoms with Gasteiger partial charge in [-0.3, -0.25) is 9.69 Å². The van der Waals surface area contributed by atoms with Crippen LogP contribution in [-0.2, 0) is 4.79 Å². The van der Waals surface area contributed by atoms with Crippen LogP contribution in [0.5, 0.6) is 0 Å². The van der Waals surface area contributed by atoms with Crippen LogP contribution >= 0.6 is 0 Å². The number of aliphatic hydroxyl groups excluding tert-OH is 2. The first-order chi connectivity index (χ1) is 7.39. The summed E-state index contributed by atoms with van der Waals surface area (Å²) >= 11 is 0. The molecular formula is C8H15F3N2O3. The summed E-state index contributed by atoms with van der Waals surface area (Å²) in [5.41, 5.74) is 0. The fourth-order valence-corrected chi connectivity index (χ4v) is 1.01. The molecule has 0 atom stereocenters. The lowest BCUT2D eigenvalue weighted by Crippen LogP contribution is -2.42. The summed E-state index contributed by atoms with van der Waals surface area (Å²) in [5, 5.41) is 18.9. The van der Waals surface area contributed by atoms with E-state index in [2.05, 4.69) is 0 Å². The van der Waals surface area contributed by atoms with E-state index in [1.54, 1.807) is 5.32 Å². The smallest absolute Gasteiger partial charge is 0.395 e. The molecule has 0 fully saturated rings. The number of nitrogens with zero attached hydrogens (tertiary/aromatic N) is 1. The molecule has 0 saturated carbocycles. The standard InChI is InChI=1S/C8H15F3N2O3/c9-8(10,11)6-12-7(16)5-13(1-3-14)2-4-15/h14-15H,1-6H2,(H,12,16). The lowest BCUT2D eigenvalue weighted by molar-refractivity contribution is -0.139. The van der Waals surface area contributed by atoms with Gasteiger partial charge in [-0.1, -0.05) is 0 Å². The number of halogens is 3. The molecule has 0 aliphatic heterocycles. The molecule has 0 aromatic rings. The van der Waals surface area contributed by atoms with E-state index in [0.717, 1.165) is 0 Å². The van der Waals surface area contributed by atoms with Crippen LogP contribution in [0.15, 0.2) is 0 Å². The second-order valence-corrected chi connectivity index (χ2v) is 3.12. The van der Waals surface area contributed by atoms with Gasteiger partial charge < -0.3 is 15.5 Å². The van der Waals surface area contributed by atoms with Crippen molar-refractivity contribution in [2.24, 2.45) is 0 Å². The summed E-state index contributed by atoms with van der Waals surface area (Å²) in [5.74, 6) is -0.792. The molecule has 0 aromatic carbocycles. The zero-order valence-corrected chi connectivity index (χ0v) is 8.63. The Morgan fingerprint density at radius 2 is 1.69 bits per heavy atom. The molecule has 1 amide bonds. The summed E-state index contributed by atoms with van der Waals surface area (Å²) in [4.78, 5) is 12.4. The van der Waals surface area contributed by atoms with Crippen molar-refractivity contribution in [1.29, 1.82) is 0 Å². The van der Waals surface area contributed by atoms with Crippen molar-refractivity contribution >= 4 is 5.91 Å². The highest BCUT2D eigenvalue weighted by atomic mass is 19.4. The quantitative estimate of drug-likeness (QED) is 0.534. The molecule has 3 N–H and O–H groups in total. The Bertz CT molecular complexity index is 205. The van der Waals surface area contributed by atoms with Gasteiger partial charge in [-0.2, -0.15) is 13.2 Å². The van der Waals surface area contributed by atoms with Crippen molar-refractivity contribution in [1.82, 2.24) is 10.2 Å². The summed E-state index contributed by atoms with van der Waals surface area (Å²) in [7, 11) is 0. The highest BCUT2D eigenvalue weighted by Gasteiger charge is 2.27. The third-order valence-electron chi connectivity index (χ3n) is 1.69. The molecule has 0 radical (unpaired) electrons. The number of aliphatic hydroxyl groups is 2. The van der Waals surface area contributed by atoms with Crippen molar-refractivity contribution in [3.63, 3.8) is 0 Å². The largest absolute Gasteiger partial charge is 0.405 e. The predicted octanol–water partition coefficient (Wildman–Crippen LogP) is -1.05. The van der Waals surface area contributed by atoms with E-state index in [4.69, 9.17) is 10.2 Å². The molecule has 8 heteroatoms. The van der Waals surface area contributed by atoms with Gasteiger partial charge in [0, 0.05) is 13.1 Å². The van der Waals surface area contributed by atoms with Crippen molar-refractivity contribution < 1.29 is 28.2 Å². The Kier molecular flexibility index (Phi) is 7.02. The molecule has 0 spiro atoms. The lowest BCUT2D eigenvalue weighted by Gasteiger charge is -2.19. The van der Waals surface area contributed by atoms with E-state index in [0.29, 0.717) is 0 Å². The average Bonchev–Trinajstić information content (AvgIpc) is 2.14. The fourth-order valence-electron chi connectivity index (χ4n) is 1.01. The number of hydrogen-bond donors (Lipinski definition) is 3. The Balaban J connectivity index is 3.90. The van der Waals surface area contributed by atoms with E-state index in [1.165, 1.54) is 4.90 Å². The van der Waals surface area contributed by atoms with Gasteiger partial charge in [-0.15, -0.1) is 0 Å². The van der Waals surface area contributed by atoms with Gasteiger partial charge in [0.1, 0.15) is 6.54 Å². The number of hydrogen-bond acceptors (Lipinski definition) is 4. The molecule has 0 unspecified atom stereocenters. The van der Waals surface area contributed by atoms with E-state index in [-0.39, 0.29) is 32.8 Å². The minimum atomic E-state index is -4.44. The molecule has 96 valence electrons. The number of carbonyl (C=O) groups is 1. The molecule has 0 aliphatic carbocycles. The van der Waals surface area contributed by atoms with Gasteiger partial charge in [-0.25, -0.2) is 0 Å². The van der Waals surface area contributed by atoms with E-state index in [1.807, 2.05) is 0 Å². The van der Waals surface area contributed by atoms with E-state index >= 15 is 0 Å². The van der Waals surface area contributed by atoms with Crippen LogP contribution in [-0.4, -0.2) is 66.6 Å². The van der Waals surface area contributed by atoms with Gasteiger partial charge in [0.25, 0.3) is 0 Å². The van der Waals surface area contributed by atoms with Gasteiger partial charge >= 0.3 is 6.18 Å². The van der Waals surface area contributed by atoms with Crippen LogP contribution in [0.2, 0.25) is 0 Å². The fraction of sp³-hybridized carbons (Fsp3) is 0.875. The first-order valence-corrected chi connectivity index (χ1v) is 4.66. The highest BCUT2D eigenvalue weighted by molar-refractivity contribution is 5.78. The van der Waals surface area contributed by atoms with Crippen molar-refractivity contribution in [2.45, 2.75) is 6.18 Å². The molecule has 0 aromatic heterocycles. The number of alkyl halides is 3. The molecule has 0 aliphatic rings. The second-order valence-electron chi connectivity index (χ2n) is 3.12. The zero-order valence-electron chi connectivity index (χ0n) is 8.63. The van der Waals surface area contributed by atoms with Gasteiger partial charge in [-0.05, 0) is 0 Å². The predicted molar refractivity (Wildman–Crippen MR) is 49.7 cm³/mol. The van der Waals surface area contributed by atoms with Crippen LogP contribution in [0.3, 0.4) is 0 Å². The van der Waals surface area contributed by atoms with Crippen LogP contribution in [0.25, 0.3) is 0 Å². The summed E-state index contributed by atoms with van der Waals surface area (Å²) in [6.07, 6.45) is -4.44. The average molecular weight is 244 g/mol. The number of nitrogens with one attached hydrogen (secondary N) is 1. The molecular weight excluding hydrogens is 229 g/mol. The van der Waals surface area contributed by atoms with Crippen LogP contribution in [0.1, 0.15) is 0 Å². The summed E-state index contributed by atoms with van der Waals surface area (Å²) in [6, 6.07) is 0. The molecule has 0 saturated heterocycles. The third-order valence-corrected chi connectivity index (χ3v) is 1.69. The normalized spacial score (nSPS) is 11.9. The maximum atomic E-state index is 11.7. The molecule has 0 heterocycles.